The summed E-state index contributed by atoms with van der Waals surface area (Å²) in [5.74, 6) is -0.673. The highest BCUT2D eigenvalue weighted by molar-refractivity contribution is 5.97. The quantitative estimate of drug-likeness (QED) is 0.337. The summed E-state index contributed by atoms with van der Waals surface area (Å²) in [6.07, 6.45) is 2.17. The number of ether oxygens (including phenoxy) is 1. The first-order valence-corrected chi connectivity index (χ1v) is 12.1. The minimum absolute atomic E-state index is 0.347. The van der Waals surface area contributed by atoms with Crippen molar-refractivity contribution >= 4 is 23.6 Å². The van der Waals surface area contributed by atoms with Gasteiger partial charge in [-0.05, 0) is 48.2 Å². The summed E-state index contributed by atoms with van der Waals surface area (Å²) < 4.78 is 6.73. The van der Waals surface area contributed by atoms with E-state index < -0.39 is 24.4 Å². The number of aromatic nitrogens is 2. The number of rotatable bonds is 9. The number of anilines is 1. The normalized spacial score (nSPS) is 12.5. The number of hydrogen-bond acceptors (Lipinski definition) is 5. The van der Waals surface area contributed by atoms with Gasteiger partial charge in [-0.3, -0.25) is 14.4 Å². The molecule has 8 heteroatoms. The van der Waals surface area contributed by atoms with Crippen LogP contribution < -0.4 is 10.6 Å². The molecule has 0 bridgehead atoms. The lowest BCUT2D eigenvalue weighted by atomic mass is 10.0. The van der Waals surface area contributed by atoms with E-state index in [0.29, 0.717) is 17.3 Å². The molecular formula is C29H26N4O4. The van der Waals surface area contributed by atoms with Gasteiger partial charge in [-0.1, -0.05) is 60.7 Å². The lowest BCUT2D eigenvalue weighted by Crippen LogP contribution is -2.32. The molecule has 4 aromatic rings. The van der Waals surface area contributed by atoms with Crippen molar-refractivity contribution in [1.82, 2.24) is 15.1 Å². The molecule has 186 valence electrons. The largest absolute Gasteiger partial charge is 0.454 e. The number of hydrogen-bond donors (Lipinski definition) is 2. The van der Waals surface area contributed by atoms with E-state index in [4.69, 9.17) is 4.74 Å². The average molecular weight is 495 g/mol. The van der Waals surface area contributed by atoms with Crippen molar-refractivity contribution in [2.45, 2.75) is 18.8 Å². The summed E-state index contributed by atoms with van der Waals surface area (Å²) in [5.41, 5.74) is 4.20. The minimum atomic E-state index is -0.709. The molecule has 37 heavy (non-hydrogen) atoms. The first kappa shape index (κ1) is 24.0. The van der Waals surface area contributed by atoms with Crippen molar-refractivity contribution in [3.8, 4) is 16.8 Å². The van der Waals surface area contributed by atoms with E-state index in [1.54, 1.807) is 16.8 Å². The molecule has 2 amide bonds. The van der Waals surface area contributed by atoms with E-state index in [0.717, 1.165) is 35.3 Å². The molecule has 0 spiro atoms. The third kappa shape index (κ3) is 6.10. The molecular weight excluding hydrogens is 468 g/mol. The molecule has 2 N–H and O–H groups in total. The molecule has 1 aromatic heterocycles. The Morgan fingerprint density at radius 3 is 2.19 bits per heavy atom. The second-order valence-electron chi connectivity index (χ2n) is 8.81. The van der Waals surface area contributed by atoms with Crippen LogP contribution in [0.25, 0.3) is 16.8 Å². The van der Waals surface area contributed by atoms with Crippen LogP contribution in [0.4, 0.5) is 5.82 Å². The Balaban J connectivity index is 1.11. The molecule has 1 fully saturated rings. The van der Waals surface area contributed by atoms with Gasteiger partial charge in [0.05, 0.1) is 11.4 Å². The van der Waals surface area contributed by atoms with Crippen LogP contribution in [0.2, 0.25) is 0 Å². The van der Waals surface area contributed by atoms with Crippen LogP contribution in [0.3, 0.4) is 0 Å². The SMILES string of the molecule is O=C(COC(=O)CNC(=O)c1ccc(-c2ccccc2)cc1)Nc1cc(C2CC2)nn1-c1ccccc1. The van der Waals surface area contributed by atoms with Crippen LogP contribution >= 0.6 is 0 Å². The van der Waals surface area contributed by atoms with E-state index in [1.807, 2.05) is 78.9 Å². The Bertz CT molecular complexity index is 1400. The van der Waals surface area contributed by atoms with Crippen LogP contribution in [0.15, 0.2) is 91.0 Å². The van der Waals surface area contributed by atoms with E-state index in [-0.39, 0.29) is 6.54 Å². The molecule has 0 unspecified atom stereocenters. The Hall–Kier alpha value is -4.72. The second kappa shape index (κ2) is 10.9. The summed E-state index contributed by atoms with van der Waals surface area (Å²) in [7, 11) is 0. The molecule has 0 aliphatic heterocycles. The van der Waals surface area contributed by atoms with Gasteiger partial charge in [-0.25, -0.2) is 4.68 Å². The van der Waals surface area contributed by atoms with Gasteiger partial charge in [0.2, 0.25) is 0 Å². The fourth-order valence-corrected chi connectivity index (χ4v) is 3.91. The van der Waals surface area contributed by atoms with Gasteiger partial charge in [0, 0.05) is 17.5 Å². The average Bonchev–Trinajstić information content (AvgIpc) is 3.72. The molecule has 1 heterocycles. The molecule has 3 aromatic carbocycles. The predicted molar refractivity (Wildman–Crippen MR) is 139 cm³/mol. The standard InChI is InChI=1S/C29H26N4O4/c34-27(31-26-17-25(22-13-14-22)32-33(26)24-9-5-2-6-10-24)19-37-28(35)18-30-29(36)23-15-11-21(12-16-23)20-7-3-1-4-8-20/h1-12,15-17,22H,13-14,18-19H2,(H,30,36)(H,31,34). The maximum atomic E-state index is 12.5. The van der Waals surface area contributed by atoms with Gasteiger partial charge in [-0.2, -0.15) is 5.10 Å². The minimum Gasteiger partial charge on any atom is -0.454 e. The Morgan fingerprint density at radius 2 is 1.51 bits per heavy atom. The fraction of sp³-hybridized carbons (Fsp3) is 0.172. The summed E-state index contributed by atoms with van der Waals surface area (Å²) in [6, 6.07) is 28.3. The lowest BCUT2D eigenvalue weighted by Gasteiger charge is -2.10. The first-order valence-electron chi connectivity index (χ1n) is 12.1. The number of nitrogens with zero attached hydrogens (tertiary/aromatic N) is 2. The van der Waals surface area contributed by atoms with Crippen molar-refractivity contribution in [3.63, 3.8) is 0 Å². The molecule has 0 saturated heterocycles. The summed E-state index contributed by atoms with van der Waals surface area (Å²) in [5, 5.41) is 9.94. The monoisotopic (exact) mass is 494 g/mol. The van der Waals surface area contributed by atoms with Crippen molar-refractivity contribution in [1.29, 1.82) is 0 Å². The van der Waals surface area contributed by atoms with Crippen LogP contribution in [-0.2, 0) is 14.3 Å². The van der Waals surface area contributed by atoms with Gasteiger partial charge in [0.15, 0.2) is 6.61 Å². The van der Waals surface area contributed by atoms with E-state index >= 15 is 0 Å². The van der Waals surface area contributed by atoms with E-state index in [1.165, 1.54) is 0 Å². The number of carbonyl (C=O) groups is 3. The lowest BCUT2D eigenvalue weighted by molar-refractivity contribution is -0.146. The highest BCUT2D eigenvalue weighted by Crippen LogP contribution is 2.40. The number of amides is 2. The Kier molecular flexibility index (Phi) is 7.07. The molecule has 0 atom stereocenters. The fourth-order valence-electron chi connectivity index (χ4n) is 3.91. The third-order valence-corrected chi connectivity index (χ3v) is 6.00. The number of esters is 1. The smallest absolute Gasteiger partial charge is 0.325 e. The van der Waals surface area contributed by atoms with Crippen LogP contribution in [-0.4, -0.2) is 40.7 Å². The maximum Gasteiger partial charge on any atom is 0.325 e. The molecule has 8 nitrogen and oxygen atoms in total. The molecule has 1 aliphatic rings. The van der Waals surface area contributed by atoms with Crippen molar-refractivity contribution in [3.05, 3.63) is 102 Å². The molecule has 1 saturated carbocycles. The topological polar surface area (TPSA) is 102 Å². The third-order valence-electron chi connectivity index (χ3n) is 6.00. The summed E-state index contributed by atoms with van der Waals surface area (Å²) >= 11 is 0. The maximum absolute atomic E-state index is 12.5. The van der Waals surface area contributed by atoms with Gasteiger partial charge in [0.1, 0.15) is 12.4 Å². The van der Waals surface area contributed by atoms with Gasteiger partial charge < -0.3 is 15.4 Å². The highest BCUT2D eigenvalue weighted by atomic mass is 16.5. The zero-order valence-corrected chi connectivity index (χ0v) is 20.1. The Morgan fingerprint density at radius 1 is 0.865 bits per heavy atom. The number of nitrogens with one attached hydrogen (secondary N) is 2. The number of para-hydroxylation sites is 1. The molecule has 0 radical (unpaired) electrons. The van der Waals surface area contributed by atoms with Crippen LogP contribution in [0, 0.1) is 0 Å². The van der Waals surface area contributed by atoms with E-state index in [9.17, 15) is 14.4 Å². The molecule has 1 aliphatic carbocycles. The van der Waals surface area contributed by atoms with Crippen molar-refractivity contribution in [2.75, 3.05) is 18.5 Å². The van der Waals surface area contributed by atoms with Crippen LogP contribution in [0.1, 0.15) is 34.8 Å². The first-order chi connectivity index (χ1) is 18.1. The number of carbonyl (C=O) groups excluding carboxylic acids is 3. The highest BCUT2D eigenvalue weighted by Gasteiger charge is 2.28. The van der Waals surface area contributed by atoms with Crippen molar-refractivity contribution in [2.24, 2.45) is 0 Å². The van der Waals surface area contributed by atoms with Gasteiger partial charge >= 0.3 is 5.97 Å². The zero-order chi connectivity index (χ0) is 25.6. The summed E-state index contributed by atoms with van der Waals surface area (Å²) in [6.45, 7) is -0.820. The second-order valence-corrected chi connectivity index (χ2v) is 8.81. The van der Waals surface area contributed by atoms with Gasteiger partial charge in [-0.15, -0.1) is 0 Å². The van der Waals surface area contributed by atoms with Gasteiger partial charge in [0.25, 0.3) is 11.8 Å². The molecule has 5 rings (SSSR count). The summed E-state index contributed by atoms with van der Waals surface area (Å²) in [4.78, 5) is 37.0. The van der Waals surface area contributed by atoms with Crippen molar-refractivity contribution < 1.29 is 19.1 Å². The Labute approximate surface area is 214 Å². The number of benzene rings is 3. The predicted octanol–water partition coefficient (Wildman–Crippen LogP) is 4.33. The van der Waals surface area contributed by atoms with Crippen LogP contribution in [0.5, 0.6) is 0 Å². The zero-order valence-electron chi connectivity index (χ0n) is 20.1. The van der Waals surface area contributed by atoms with E-state index in [2.05, 4.69) is 15.7 Å².